The molecule has 0 bridgehead atoms. The van der Waals surface area contributed by atoms with Gasteiger partial charge in [-0.15, -0.1) is 0 Å². The third kappa shape index (κ3) is 3.53. The van der Waals surface area contributed by atoms with Gasteiger partial charge in [0.2, 0.25) is 5.91 Å². The summed E-state index contributed by atoms with van der Waals surface area (Å²) in [7, 11) is 0. The SMILES string of the molecule is Cc1c(C(=O)N2CCCC2)oc2c1-c1nn(CC(=O)NCC3CCCO3)cc1CC2. The van der Waals surface area contributed by atoms with Gasteiger partial charge >= 0.3 is 0 Å². The van der Waals surface area contributed by atoms with E-state index in [4.69, 9.17) is 9.15 Å². The van der Waals surface area contributed by atoms with Gasteiger partial charge in [0.15, 0.2) is 5.76 Å². The first-order chi connectivity index (χ1) is 14.6. The molecule has 8 nitrogen and oxygen atoms in total. The van der Waals surface area contributed by atoms with Gasteiger partial charge in [0.25, 0.3) is 5.91 Å². The summed E-state index contributed by atoms with van der Waals surface area (Å²) in [6.07, 6.45) is 7.76. The molecule has 0 spiro atoms. The number of hydrogen-bond donors (Lipinski definition) is 1. The summed E-state index contributed by atoms with van der Waals surface area (Å²) in [5.74, 6) is 1.18. The maximum Gasteiger partial charge on any atom is 0.289 e. The molecule has 0 aromatic carbocycles. The quantitative estimate of drug-likeness (QED) is 0.812. The molecule has 2 aromatic rings. The van der Waals surface area contributed by atoms with E-state index in [1.54, 1.807) is 4.68 Å². The summed E-state index contributed by atoms with van der Waals surface area (Å²) in [5.41, 5.74) is 3.72. The molecular formula is C22H28N4O4. The molecule has 2 amide bonds. The fraction of sp³-hybridized carbons (Fsp3) is 0.591. The van der Waals surface area contributed by atoms with E-state index in [-0.39, 0.29) is 24.5 Å². The summed E-state index contributed by atoms with van der Waals surface area (Å²) < 4.78 is 13.3. The van der Waals surface area contributed by atoms with E-state index in [2.05, 4.69) is 10.4 Å². The Morgan fingerprint density at radius 3 is 2.83 bits per heavy atom. The Balaban J connectivity index is 1.32. The van der Waals surface area contributed by atoms with Gasteiger partial charge in [0.1, 0.15) is 12.3 Å². The van der Waals surface area contributed by atoms with Gasteiger partial charge in [-0.05, 0) is 44.6 Å². The normalized spacial score (nSPS) is 20.3. The van der Waals surface area contributed by atoms with E-state index in [0.29, 0.717) is 12.3 Å². The van der Waals surface area contributed by atoms with Crippen molar-refractivity contribution in [2.24, 2.45) is 0 Å². The maximum atomic E-state index is 12.9. The molecule has 2 aromatic heterocycles. The second-order valence-electron chi connectivity index (χ2n) is 8.49. The third-order valence-corrected chi connectivity index (χ3v) is 6.36. The second-order valence-corrected chi connectivity index (χ2v) is 8.49. The molecule has 0 saturated carbocycles. The molecule has 1 N–H and O–H groups in total. The summed E-state index contributed by atoms with van der Waals surface area (Å²) in [5, 5.41) is 7.62. The summed E-state index contributed by atoms with van der Waals surface area (Å²) in [6.45, 7) is 5.03. The van der Waals surface area contributed by atoms with E-state index in [1.807, 2.05) is 18.0 Å². The highest BCUT2D eigenvalue weighted by atomic mass is 16.5. The number of ether oxygens (including phenoxy) is 1. The molecule has 0 radical (unpaired) electrons. The highest BCUT2D eigenvalue weighted by Crippen LogP contribution is 2.38. The minimum Gasteiger partial charge on any atom is -0.455 e. The molecule has 8 heteroatoms. The number of amides is 2. The van der Waals surface area contributed by atoms with Crippen molar-refractivity contribution in [1.82, 2.24) is 20.0 Å². The highest BCUT2D eigenvalue weighted by molar-refractivity contribution is 5.95. The monoisotopic (exact) mass is 412 g/mol. The van der Waals surface area contributed by atoms with Crippen LogP contribution < -0.4 is 5.32 Å². The fourth-order valence-corrected chi connectivity index (χ4v) is 4.75. The van der Waals surface area contributed by atoms with E-state index in [9.17, 15) is 9.59 Å². The average Bonchev–Trinajstić information content (AvgIpc) is 3.51. The largest absolute Gasteiger partial charge is 0.455 e. The summed E-state index contributed by atoms with van der Waals surface area (Å²) in [4.78, 5) is 27.1. The van der Waals surface area contributed by atoms with Crippen LogP contribution in [0.3, 0.4) is 0 Å². The molecule has 2 aliphatic heterocycles. The van der Waals surface area contributed by atoms with Crippen LogP contribution in [-0.2, 0) is 28.9 Å². The van der Waals surface area contributed by atoms with Crippen molar-refractivity contribution in [1.29, 1.82) is 0 Å². The Bertz CT molecular complexity index is 964. The second kappa shape index (κ2) is 7.91. The third-order valence-electron chi connectivity index (χ3n) is 6.36. The molecule has 1 atom stereocenters. The lowest BCUT2D eigenvalue weighted by atomic mass is 9.93. The lowest BCUT2D eigenvalue weighted by Crippen LogP contribution is -2.34. The fourth-order valence-electron chi connectivity index (χ4n) is 4.75. The number of fused-ring (bicyclic) bond motifs is 3. The molecule has 5 rings (SSSR count). The Morgan fingerprint density at radius 1 is 1.23 bits per heavy atom. The number of nitrogens with zero attached hydrogens (tertiary/aromatic N) is 3. The smallest absolute Gasteiger partial charge is 0.289 e. The van der Waals surface area contributed by atoms with Crippen molar-refractivity contribution in [3.8, 4) is 11.3 Å². The molecule has 1 unspecified atom stereocenters. The maximum absolute atomic E-state index is 12.9. The van der Waals surface area contributed by atoms with Crippen LogP contribution in [0.5, 0.6) is 0 Å². The van der Waals surface area contributed by atoms with Crippen LogP contribution in [0.25, 0.3) is 11.3 Å². The Morgan fingerprint density at radius 2 is 2.07 bits per heavy atom. The van der Waals surface area contributed by atoms with Crippen molar-refractivity contribution >= 4 is 11.8 Å². The number of aryl methyl sites for hydroxylation is 2. The van der Waals surface area contributed by atoms with Crippen LogP contribution in [0, 0.1) is 6.92 Å². The van der Waals surface area contributed by atoms with Crippen molar-refractivity contribution in [2.75, 3.05) is 26.2 Å². The topological polar surface area (TPSA) is 89.6 Å². The van der Waals surface area contributed by atoms with Crippen LogP contribution in [0.2, 0.25) is 0 Å². The van der Waals surface area contributed by atoms with Gasteiger partial charge in [-0.2, -0.15) is 5.10 Å². The molecule has 3 aliphatic rings. The minimum absolute atomic E-state index is 0.0195. The number of furan rings is 1. The number of likely N-dealkylation sites (tertiary alicyclic amines) is 1. The van der Waals surface area contributed by atoms with Crippen LogP contribution in [-0.4, -0.2) is 58.8 Å². The lowest BCUT2D eigenvalue weighted by molar-refractivity contribution is -0.122. The first-order valence-corrected chi connectivity index (χ1v) is 11.0. The predicted octanol–water partition coefficient (Wildman–Crippen LogP) is 2.08. The van der Waals surface area contributed by atoms with Gasteiger partial charge in [-0.25, -0.2) is 0 Å². The van der Waals surface area contributed by atoms with E-state index >= 15 is 0 Å². The molecule has 1 aliphatic carbocycles. The number of rotatable bonds is 5. The number of hydrogen-bond acceptors (Lipinski definition) is 5. The van der Waals surface area contributed by atoms with Crippen LogP contribution >= 0.6 is 0 Å². The van der Waals surface area contributed by atoms with E-state index < -0.39 is 0 Å². The number of carbonyl (C=O) groups excluding carboxylic acids is 2. The zero-order valence-electron chi connectivity index (χ0n) is 17.4. The van der Waals surface area contributed by atoms with E-state index in [1.165, 1.54) is 0 Å². The standard InChI is InChI=1S/C22H28N4O4/c1-14-19-17(30-21(14)22(28)25-8-2-3-9-25)7-6-15-12-26(24-20(15)19)13-18(27)23-11-16-5-4-10-29-16/h12,16H,2-11,13H2,1H3,(H,23,27). The van der Waals surface area contributed by atoms with Gasteiger partial charge in [-0.1, -0.05) is 0 Å². The minimum atomic E-state index is -0.0700. The Labute approximate surface area is 175 Å². The van der Waals surface area contributed by atoms with Gasteiger partial charge in [-0.3, -0.25) is 14.3 Å². The van der Waals surface area contributed by atoms with Crippen LogP contribution in [0.15, 0.2) is 10.6 Å². The van der Waals surface area contributed by atoms with Crippen LogP contribution in [0.1, 0.15) is 53.1 Å². The average molecular weight is 412 g/mol. The molecule has 160 valence electrons. The highest BCUT2D eigenvalue weighted by Gasteiger charge is 2.32. The molecule has 4 heterocycles. The number of carbonyl (C=O) groups is 2. The van der Waals surface area contributed by atoms with Crippen molar-refractivity contribution in [3.05, 3.63) is 28.8 Å². The molecule has 2 saturated heterocycles. The first-order valence-electron chi connectivity index (χ1n) is 11.0. The Hall–Kier alpha value is -2.61. The Kier molecular flexibility index (Phi) is 5.10. The van der Waals surface area contributed by atoms with E-state index in [0.717, 1.165) is 86.4 Å². The van der Waals surface area contributed by atoms with Gasteiger partial charge in [0, 0.05) is 50.0 Å². The zero-order valence-corrected chi connectivity index (χ0v) is 17.4. The molecule has 30 heavy (non-hydrogen) atoms. The number of nitrogens with one attached hydrogen (secondary N) is 1. The van der Waals surface area contributed by atoms with Crippen molar-refractivity contribution < 1.29 is 18.7 Å². The van der Waals surface area contributed by atoms with Crippen molar-refractivity contribution in [3.63, 3.8) is 0 Å². The predicted molar refractivity (Wildman–Crippen MR) is 109 cm³/mol. The zero-order chi connectivity index (χ0) is 20.7. The lowest BCUT2D eigenvalue weighted by Gasteiger charge is -2.13. The van der Waals surface area contributed by atoms with Crippen LogP contribution in [0.4, 0.5) is 0 Å². The molecular weight excluding hydrogens is 384 g/mol. The first kappa shape index (κ1) is 19.4. The van der Waals surface area contributed by atoms with Gasteiger partial charge in [0.05, 0.1) is 11.8 Å². The number of aromatic nitrogens is 2. The van der Waals surface area contributed by atoms with Crippen molar-refractivity contribution in [2.45, 2.75) is 58.1 Å². The van der Waals surface area contributed by atoms with Gasteiger partial charge < -0.3 is 19.4 Å². The molecule has 2 fully saturated rings. The summed E-state index contributed by atoms with van der Waals surface area (Å²) in [6, 6.07) is 0. The summed E-state index contributed by atoms with van der Waals surface area (Å²) >= 11 is 0.